The van der Waals surface area contributed by atoms with Crippen LogP contribution in [0.15, 0.2) is 18.3 Å². The molecule has 0 aromatic carbocycles. The molecule has 2 saturated heterocycles. The van der Waals surface area contributed by atoms with E-state index in [-0.39, 0.29) is 12.1 Å². The van der Waals surface area contributed by atoms with Gasteiger partial charge in [-0.15, -0.1) is 5.10 Å². The third-order valence-corrected chi connectivity index (χ3v) is 4.02. The topological polar surface area (TPSA) is 61.8 Å². The molecule has 1 unspecified atom stereocenters. The molecule has 3 rings (SSSR count). The van der Waals surface area contributed by atoms with Gasteiger partial charge in [0.25, 0.3) is 0 Å². The summed E-state index contributed by atoms with van der Waals surface area (Å²) < 4.78 is 5.77. The van der Waals surface area contributed by atoms with Crippen LogP contribution in [0.5, 0.6) is 5.88 Å². The number of amides is 2. The minimum Gasteiger partial charge on any atom is -0.471 e. The minimum atomic E-state index is 0.0121. The first-order valence-corrected chi connectivity index (χ1v) is 7.39. The molecule has 2 fully saturated rings. The number of carbonyl (C=O) groups excluding carboxylic acids is 1. The maximum Gasteiger partial charge on any atom is 0.320 e. The van der Waals surface area contributed by atoms with Crippen molar-refractivity contribution in [2.24, 2.45) is 0 Å². The summed E-state index contributed by atoms with van der Waals surface area (Å²) in [6.07, 6.45) is 2.47. The zero-order valence-corrected chi connectivity index (χ0v) is 12.3. The van der Waals surface area contributed by atoms with E-state index in [2.05, 4.69) is 22.1 Å². The van der Waals surface area contributed by atoms with Gasteiger partial charge in [0.2, 0.25) is 5.88 Å². The highest BCUT2D eigenvalue weighted by Gasteiger charge is 2.31. The van der Waals surface area contributed by atoms with E-state index in [1.165, 1.54) is 0 Å². The fourth-order valence-corrected chi connectivity index (χ4v) is 2.72. The van der Waals surface area contributed by atoms with Crippen LogP contribution in [0.3, 0.4) is 0 Å². The zero-order valence-electron chi connectivity index (χ0n) is 12.3. The van der Waals surface area contributed by atoms with Crippen molar-refractivity contribution in [2.75, 3.05) is 46.3 Å². The number of likely N-dealkylation sites (tertiary alicyclic amines) is 1. The number of carbonyl (C=O) groups is 1. The van der Waals surface area contributed by atoms with Gasteiger partial charge in [0.05, 0.1) is 6.54 Å². The van der Waals surface area contributed by atoms with Gasteiger partial charge in [0.1, 0.15) is 6.10 Å². The molecule has 1 aromatic rings. The molecule has 2 aliphatic heterocycles. The van der Waals surface area contributed by atoms with Crippen molar-refractivity contribution in [3.05, 3.63) is 18.3 Å². The molecule has 1 aromatic heterocycles. The molecule has 2 aliphatic rings. The lowest BCUT2D eigenvalue weighted by Gasteiger charge is -2.34. The number of hydrogen-bond donors (Lipinski definition) is 0. The molecule has 0 N–H and O–H groups in total. The third-order valence-electron chi connectivity index (χ3n) is 4.02. The molecule has 2 amide bonds. The van der Waals surface area contributed by atoms with Crippen molar-refractivity contribution >= 4 is 6.03 Å². The predicted octanol–water partition coefficient (Wildman–Crippen LogP) is 0.297. The van der Waals surface area contributed by atoms with Crippen LogP contribution in [-0.4, -0.2) is 83.3 Å². The van der Waals surface area contributed by atoms with Gasteiger partial charge in [-0.05, 0) is 13.1 Å². The minimum absolute atomic E-state index is 0.0121. The fourth-order valence-electron chi connectivity index (χ4n) is 2.72. The first kappa shape index (κ1) is 14.1. The number of hydrogen-bond acceptors (Lipinski definition) is 5. The van der Waals surface area contributed by atoms with Gasteiger partial charge >= 0.3 is 6.03 Å². The van der Waals surface area contributed by atoms with Gasteiger partial charge in [-0.1, -0.05) is 0 Å². The number of nitrogens with zero attached hydrogens (tertiary/aromatic N) is 5. The summed E-state index contributed by atoms with van der Waals surface area (Å²) in [4.78, 5) is 18.5. The van der Waals surface area contributed by atoms with E-state index in [1.54, 1.807) is 18.3 Å². The molecule has 7 heteroatoms. The summed E-state index contributed by atoms with van der Waals surface area (Å²) in [6, 6.07) is 3.72. The Morgan fingerprint density at radius 2 is 2.05 bits per heavy atom. The first-order chi connectivity index (χ1) is 10.2. The molecular formula is C14H21N5O2. The third kappa shape index (κ3) is 3.41. The Morgan fingerprint density at radius 3 is 2.76 bits per heavy atom. The standard InChI is InChI=1S/C14H21N5O2/c1-17-7-9-18(10-8-17)14(20)19-6-4-12(11-19)21-13-3-2-5-15-16-13/h2-3,5,12H,4,6-11H2,1H3. The monoisotopic (exact) mass is 291 g/mol. The van der Waals surface area contributed by atoms with Crippen LogP contribution in [-0.2, 0) is 0 Å². The maximum atomic E-state index is 12.5. The average Bonchev–Trinajstić information content (AvgIpc) is 2.97. The highest BCUT2D eigenvalue weighted by molar-refractivity contribution is 5.75. The molecule has 7 nitrogen and oxygen atoms in total. The highest BCUT2D eigenvalue weighted by atomic mass is 16.5. The summed E-state index contributed by atoms with van der Waals surface area (Å²) in [5, 5.41) is 7.71. The van der Waals surface area contributed by atoms with Crippen LogP contribution in [0.25, 0.3) is 0 Å². The fraction of sp³-hybridized carbons (Fsp3) is 0.643. The second-order valence-corrected chi connectivity index (χ2v) is 5.61. The average molecular weight is 291 g/mol. The number of ether oxygens (including phenoxy) is 1. The van der Waals surface area contributed by atoms with E-state index < -0.39 is 0 Å². The second kappa shape index (κ2) is 6.26. The van der Waals surface area contributed by atoms with Gasteiger partial charge < -0.3 is 19.4 Å². The summed E-state index contributed by atoms with van der Waals surface area (Å²) >= 11 is 0. The predicted molar refractivity (Wildman–Crippen MR) is 77.1 cm³/mol. The molecule has 21 heavy (non-hydrogen) atoms. The van der Waals surface area contributed by atoms with Crippen LogP contribution >= 0.6 is 0 Å². The highest BCUT2D eigenvalue weighted by Crippen LogP contribution is 2.17. The molecule has 0 bridgehead atoms. The summed E-state index contributed by atoms with van der Waals surface area (Å²) in [7, 11) is 2.09. The summed E-state index contributed by atoms with van der Waals surface area (Å²) in [5.41, 5.74) is 0. The zero-order chi connectivity index (χ0) is 14.7. The van der Waals surface area contributed by atoms with Gasteiger partial charge in [0, 0.05) is 51.4 Å². The Kier molecular flexibility index (Phi) is 4.19. The Bertz CT molecular complexity index is 476. The molecule has 0 radical (unpaired) electrons. The maximum absolute atomic E-state index is 12.5. The van der Waals surface area contributed by atoms with Crippen molar-refractivity contribution in [3.8, 4) is 5.88 Å². The van der Waals surface area contributed by atoms with Crippen LogP contribution in [0, 0.1) is 0 Å². The number of aromatic nitrogens is 2. The van der Waals surface area contributed by atoms with Crippen LogP contribution in [0.4, 0.5) is 4.79 Å². The molecule has 0 saturated carbocycles. The number of rotatable bonds is 2. The molecule has 1 atom stereocenters. The van der Waals surface area contributed by atoms with Gasteiger partial charge in [-0.2, -0.15) is 5.10 Å². The van der Waals surface area contributed by atoms with E-state index in [9.17, 15) is 4.79 Å². The van der Waals surface area contributed by atoms with Gasteiger partial charge in [-0.25, -0.2) is 4.79 Å². The van der Waals surface area contributed by atoms with E-state index >= 15 is 0 Å². The smallest absolute Gasteiger partial charge is 0.320 e. The lowest BCUT2D eigenvalue weighted by molar-refractivity contribution is 0.123. The van der Waals surface area contributed by atoms with Crippen LogP contribution < -0.4 is 4.74 Å². The summed E-state index contributed by atoms with van der Waals surface area (Å²) in [5.74, 6) is 0.524. The Morgan fingerprint density at radius 1 is 1.24 bits per heavy atom. The van der Waals surface area contributed by atoms with Crippen molar-refractivity contribution < 1.29 is 9.53 Å². The molecule has 0 spiro atoms. The van der Waals surface area contributed by atoms with Crippen LogP contribution in [0.1, 0.15) is 6.42 Å². The van der Waals surface area contributed by atoms with Crippen molar-refractivity contribution in [2.45, 2.75) is 12.5 Å². The Labute approximate surface area is 124 Å². The normalized spacial score (nSPS) is 23.4. The SMILES string of the molecule is CN1CCN(C(=O)N2CCC(Oc3cccnn3)C2)CC1. The molecule has 3 heterocycles. The van der Waals surface area contributed by atoms with E-state index in [0.29, 0.717) is 12.4 Å². The summed E-state index contributed by atoms with van der Waals surface area (Å²) in [6.45, 7) is 4.87. The number of urea groups is 1. The molecule has 114 valence electrons. The lowest BCUT2D eigenvalue weighted by Crippen LogP contribution is -2.51. The van der Waals surface area contributed by atoms with Gasteiger partial charge in [0.15, 0.2) is 0 Å². The Balaban J connectivity index is 1.51. The quantitative estimate of drug-likeness (QED) is 0.784. The van der Waals surface area contributed by atoms with Crippen molar-refractivity contribution in [1.29, 1.82) is 0 Å². The Hall–Kier alpha value is -1.89. The second-order valence-electron chi connectivity index (χ2n) is 5.61. The lowest BCUT2D eigenvalue weighted by atomic mass is 10.3. The largest absolute Gasteiger partial charge is 0.471 e. The van der Waals surface area contributed by atoms with E-state index in [4.69, 9.17) is 4.74 Å². The van der Waals surface area contributed by atoms with E-state index in [0.717, 1.165) is 39.1 Å². The van der Waals surface area contributed by atoms with Crippen molar-refractivity contribution in [1.82, 2.24) is 24.9 Å². The van der Waals surface area contributed by atoms with Crippen molar-refractivity contribution in [3.63, 3.8) is 0 Å². The van der Waals surface area contributed by atoms with E-state index in [1.807, 2.05) is 9.80 Å². The number of likely N-dealkylation sites (N-methyl/N-ethyl adjacent to an activating group) is 1. The first-order valence-electron chi connectivity index (χ1n) is 7.39. The number of piperazine rings is 1. The molecular weight excluding hydrogens is 270 g/mol. The molecule has 0 aliphatic carbocycles. The van der Waals surface area contributed by atoms with Gasteiger partial charge in [-0.3, -0.25) is 0 Å². The van der Waals surface area contributed by atoms with Crippen LogP contribution in [0.2, 0.25) is 0 Å².